The zero-order chi connectivity index (χ0) is 14.7. The minimum atomic E-state index is 0.0708. The highest BCUT2D eigenvalue weighted by Gasteiger charge is 2.28. The monoisotopic (exact) mass is 288 g/mol. The normalized spacial score (nSPS) is 20.6. The zero-order valence-corrected chi connectivity index (χ0v) is 12.7. The van der Waals surface area contributed by atoms with Gasteiger partial charge in [0, 0.05) is 31.9 Å². The van der Waals surface area contributed by atoms with Gasteiger partial charge in [0.05, 0.1) is 0 Å². The van der Waals surface area contributed by atoms with E-state index < -0.39 is 0 Å². The standard InChI is InChI=1S/C17H24N2O2/c1-17(6-9-21-10-7-17)12-19-16(20)15-4-2-3-13-11-18-8-5-14(13)15/h2-4,18H,5-12H2,1H3,(H,19,20). The van der Waals surface area contributed by atoms with Crippen molar-refractivity contribution in [3.8, 4) is 0 Å². The predicted molar refractivity (Wildman–Crippen MR) is 82.3 cm³/mol. The molecule has 1 saturated heterocycles. The second-order valence-electron chi connectivity index (χ2n) is 6.48. The van der Waals surface area contributed by atoms with Crippen molar-refractivity contribution in [1.82, 2.24) is 10.6 Å². The first-order chi connectivity index (χ1) is 10.2. The summed E-state index contributed by atoms with van der Waals surface area (Å²) in [6, 6.07) is 6.04. The molecule has 0 aliphatic carbocycles. The number of rotatable bonds is 3. The van der Waals surface area contributed by atoms with Crippen LogP contribution >= 0.6 is 0 Å². The molecule has 4 heteroatoms. The molecule has 114 valence electrons. The Kier molecular flexibility index (Phi) is 4.27. The minimum Gasteiger partial charge on any atom is -0.381 e. The van der Waals surface area contributed by atoms with Crippen LogP contribution in [0.2, 0.25) is 0 Å². The molecule has 0 bridgehead atoms. The molecule has 0 saturated carbocycles. The van der Waals surface area contributed by atoms with Gasteiger partial charge in [-0.2, -0.15) is 0 Å². The average molecular weight is 288 g/mol. The summed E-state index contributed by atoms with van der Waals surface area (Å²) in [5, 5.41) is 6.50. The highest BCUT2D eigenvalue weighted by Crippen LogP contribution is 2.29. The maximum absolute atomic E-state index is 12.5. The van der Waals surface area contributed by atoms with E-state index in [1.54, 1.807) is 0 Å². The third-order valence-corrected chi connectivity index (χ3v) is 4.76. The van der Waals surface area contributed by atoms with E-state index >= 15 is 0 Å². The molecule has 0 atom stereocenters. The van der Waals surface area contributed by atoms with E-state index in [1.807, 2.05) is 12.1 Å². The topological polar surface area (TPSA) is 50.4 Å². The van der Waals surface area contributed by atoms with Gasteiger partial charge in [0.15, 0.2) is 0 Å². The van der Waals surface area contributed by atoms with Gasteiger partial charge in [-0.15, -0.1) is 0 Å². The number of hydrogen-bond donors (Lipinski definition) is 2. The predicted octanol–water partition coefficient (Wildman–Crippen LogP) is 1.88. The fourth-order valence-corrected chi connectivity index (χ4v) is 3.17. The molecule has 0 aromatic heterocycles. The number of carbonyl (C=O) groups is 1. The van der Waals surface area contributed by atoms with Gasteiger partial charge in [-0.25, -0.2) is 0 Å². The van der Waals surface area contributed by atoms with Crippen molar-refractivity contribution in [1.29, 1.82) is 0 Å². The average Bonchev–Trinajstić information content (AvgIpc) is 2.53. The Morgan fingerprint density at radius 2 is 2.19 bits per heavy atom. The second-order valence-corrected chi connectivity index (χ2v) is 6.48. The molecule has 4 nitrogen and oxygen atoms in total. The molecular weight excluding hydrogens is 264 g/mol. The molecule has 1 aromatic rings. The first-order valence-corrected chi connectivity index (χ1v) is 7.85. The summed E-state index contributed by atoms with van der Waals surface area (Å²) >= 11 is 0. The van der Waals surface area contributed by atoms with Crippen LogP contribution in [-0.4, -0.2) is 32.2 Å². The molecule has 1 amide bonds. The molecule has 21 heavy (non-hydrogen) atoms. The maximum atomic E-state index is 12.5. The van der Waals surface area contributed by atoms with E-state index in [0.717, 1.165) is 57.7 Å². The third-order valence-electron chi connectivity index (χ3n) is 4.76. The van der Waals surface area contributed by atoms with Crippen molar-refractivity contribution in [2.45, 2.75) is 32.7 Å². The number of hydrogen-bond acceptors (Lipinski definition) is 3. The van der Waals surface area contributed by atoms with Crippen LogP contribution in [0.1, 0.15) is 41.3 Å². The first kappa shape index (κ1) is 14.5. The van der Waals surface area contributed by atoms with E-state index in [2.05, 4.69) is 23.6 Å². The summed E-state index contributed by atoms with van der Waals surface area (Å²) in [4.78, 5) is 12.5. The van der Waals surface area contributed by atoms with Crippen molar-refractivity contribution in [2.24, 2.45) is 5.41 Å². The first-order valence-electron chi connectivity index (χ1n) is 7.85. The molecule has 2 heterocycles. The fourth-order valence-electron chi connectivity index (χ4n) is 3.17. The van der Waals surface area contributed by atoms with Crippen LogP contribution in [0.25, 0.3) is 0 Å². The lowest BCUT2D eigenvalue weighted by atomic mass is 9.82. The Balaban J connectivity index is 1.68. The van der Waals surface area contributed by atoms with Gasteiger partial charge >= 0.3 is 0 Å². The van der Waals surface area contributed by atoms with Crippen LogP contribution in [0.5, 0.6) is 0 Å². The smallest absolute Gasteiger partial charge is 0.251 e. The van der Waals surface area contributed by atoms with Crippen LogP contribution in [0, 0.1) is 5.41 Å². The number of benzene rings is 1. The van der Waals surface area contributed by atoms with Crippen molar-refractivity contribution >= 4 is 5.91 Å². The molecule has 3 rings (SSSR count). The SMILES string of the molecule is CC1(CNC(=O)c2cccc3c2CCNC3)CCOCC1. The van der Waals surface area contributed by atoms with E-state index in [0.29, 0.717) is 0 Å². The molecule has 2 aliphatic rings. The number of nitrogens with one attached hydrogen (secondary N) is 2. The molecule has 2 N–H and O–H groups in total. The lowest BCUT2D eigenvalue weighted by molar-refractivity contribution is 0.0238. The van der Waals surface area contributed by atoms with Gasteiger partial charge in [-0.1, -0.05) is 19.1 Å². The van der Waals surface area contributed by atoms with E-state index in [-0.39, 0.29) is 11.3 Å². The lowest BCUT2D eigenvalue weighted by Crippen LogP contribution is -2.40. The Morgan fingerprint density at radius 3 is 3.00 bits per heavy atom. The lowest BCUT2D eigenvalue weighted by Gasteiger charge is -2.33. The number of amides is 1. The van der Waals surface area contributed by atoms with Crippen LogP contribution in [-0.2, 0) is 17.7 Å². The molecule has 1 aromatic carbocycles. The summed E-state index contributed by atoms with van der Waals surface area (Å²) in [5.74, 6) is 0.0708. The van der Waals surface area contributed by atoms with Gasteiger partial charge in [0.25, 0.3) is 5.91 Å². The number of ether oxygens (including phenoxy) is 1. The van der Waals surface area contributed by atoms with Crippen LogP contribution < -0.4 is 10.6 Å². The molecule has 0 spiro atoms. The molecule has 0 unspecified atom stereocenters. The Morgan fingerprint density at radius 1 is 1.38 bits per heavy atom. The maximum Gasteiger partial charge on any atom is 0.251 e. The fraction of sp³-hybridized carbons (Fsp3) is 0.588. The van der Waals surface area contributed by atoms with Crippen molar-refractivity contribution in [3.05, 3.63) is 34.9 Å². The third kappa shape index (κ3) is 3.27. The summed E-state index contributed by atoms with van der Waals surface area (Å²) < 4.78 is 5.41. The van der Waals surface area contributed by atoms with Gasteiger partial charge in [-0.05, 0) is 48.4 Å². The van der Waals surface area contributed by atoms with Gasteiger partial charge in [0.2, 0.25) is 0 Å². The molecule has 2 aliphatic heterocycles. The van der Waals surface area contributed by atoms with Gasteiger partial charge in [0.1, 0.15) is 0 Å². The van der Waals surface area contributed by atoms with Crippen LogP contribution in [0.4, 0.5) is 0 Å². The Labute approximate surface area is 126 Å². The molecule has 0 radical (unpaired) electrons. The Hall–Kier alpha value is -1.39. The highest BCUT2D eigenvalue weighted by atomic mass is 16.5. The van der Waals surface area contributed by atoms with Crippen molar-refractivity contribution in [3.63, 3.8) is 0 Å². The summed E-state index contributed by atoms with van der Waals surface area (Å²) in [6.45, 7) is 6.40. The number of carbonyl (C=O) groups excluding carboxylic acids is 1. The van der Waals surface area contributed by atoms with Crippen LogP contribution in [0.3, 0.4) is 0 Å². The summed E-state index contributed by atoms with van der Waals surface area (Å²) in [7, 11) is 0. The van der Waals surface area contributed by atoms with E-state index in [4.69, 9.17) is 4.74 Å². The number of fused-ring (bicyclic) bond motifs is 1. The highest BCUT2D eigenvalue weighted by molar-refractivity contribution is 5.96. The van der Waals surface area contributed by atoms with Crippen LogP contribution in [0.15, 0.2) is 18.2 Å². The van der Waals surface area contributed by atoms with Crippen molar-refractivity contribution < 1.29 is 9.53 Å². The van der Waals surface area contributed by atoms with Gasteiger partial charge in [-0.3, -0.25) is 4.79 Å². The quantitative estimate of drug-likeness (QED) is 0.893. The van der Waals surface area contributed by atoms with E-state index in [1.165, 1.54) is 11.1 Å². The van der Waals surface area contributed by atoms with E-state index in [9.17, 15) is 4.79 Å². The van der Waals surface area contributed by atoms with Gasteiger partial charge < -0.3 is 15.4 Å². The van der Waals surface area contributed by atoms with Crippen molar-refractivity contribution in [2.75, 3.05) is 26.3 Å². The Bertz CT molecular complexity index is 522. The molecular formula is C17H24N2O2. The molecule has 1 fully saturated rings. The zero-order valence-electron chi connectivity index (χ0n) is 12.7. The summed E-state index contributed by atoms with van der Waals surface area (Å²) in [6.07, 6.45) is 2.97. The largest absolute Gasteiger partial charge is 0.381 e. The summed E-state index contributed by atoms with van der Waals surface area (Å²) in [5.41, 5.74) is 3.49. The minimum absolute atomic E-state index is 0.0708. The second kappa shape index (κ2) is 6.16.